The van der Waals surface area contributed by atoms with E-state index in [1.807, 2.05) is 20.8 Å². The first-order chi connectivity index (χ1) is 13.1. The second-order valence-corrected chi connectivity index (χ2v) is 7.66. The third kappa shape index (κ3) is 5.70. The molecule has 11 heteroatoms. The molecule has 0 aromatic carbocycles. The smallest absolute Gasteiger partial charge is 0.407 e. The first kappa shape index (κ1) is 21.7. The fraction of sp³-hybridized carbons (Fsp3) is 0.529. The fourth-order valence-electron chi connectivity index (χ4n) is 2.63. The highest BCUT2D eigenvalue weighted by Gasteiger charge is 2.22. The number of piperazine rings is 1. The highest BCUT2D eigenvalue weighted by atomic mass is 35.5. The third-order valence-corrected chi connectivity index (χ3v) is 4.39. The molecule has 0 aliphatic carbocycles. The highest BCUT2D eigenvalue weighted by Crippen LogP contribution is 2.24. The Labute approximate surface area is 167 Å². The lowest BCUT2D eigenvalue weighted by atomic mass is 10.2. The number of amides is 1. The molecule has 1 aliphatic heterocycles. The van der Waals surface area contributed by atoms with Gasteiger partial charge < -0.3 is 20.5 Å². The van der Waals surface area contributed by atoms with Crippen LogP contribution >= 0.6 is 11.6 Å². The number of nitrogens with two attached hydrogens (primary N) is 1. The molecule has 0 saturated carbocycles. The van der Waals surface area contributed by atoms with Gasteiger partial charge in [-0.1, -0.05) is 11.6 Å². The van der Waals surface area contributed by atoms with Crippen molar-refractivity contribution in [1.82, 2.24) is 24.4 Å². The standard InChI is InChI=1S/C12H15ClN6O2.C5H10O2/c13-8-5-9-11(14)15-7-16-19(9)10(8)6-17-1-3-18(4-2-17)12(20)21;1-5(2,3)7-4-6/h5,7H,1-4,6H2,(H,20,21)(H2,14,15,16);4H,1-3H3. The van der Waals surface area contributed by atoms with Crippen molar-refractivity contribution in [3.8, 4) is 0 Å². The Hall–Kier alpha value is -2.59. The molecule has 1 aliphatic rings. The topological polar surface area (TPSA) is 126 Å². The predicted molar refractivity (Wildman–Crippen MR) is 104 cm³/mol. The molecule has 3 heterocycles. The van der Waals surface area contributed by atoms with Crippen molar-refractivity contribution in [2.45, 2.75) is 32.9 Å². The van der Waals surface area contributed by atoms with E-state index in [4.69, 9.17) is 22.4 Å². The van der Waals surface area contributed by atoms with E-state index >= 15 is 0 Å². The molecule has 0 radical (unpaired) electrons. The molecule has 0 unspecified atom stereocenters. The van der Waals surface area contributed by atoms with Crippen molar-refractivity contribution < 1.29 is 19.4 Å². The minimum absolute atomic E-state index is 0.318. The van der Waals surface area contributed by atoms with Crippen LogP contribution in [0.5, 0.6) is 0 Å². The SMILES string of the molecule is CC(C)(C)OC=O.Nc1ncnn2c(CN3CCN(C(=O)O)CC3)c(Cl)cc12. The Morgan fingerprint density at radius 1 is 1.36 bits per heavy atom. The molecule has 3 rings (SSSR count). The van der Waals surface area contributed by atoms with E-state index in [1.165, 1.54) is 11.2 Å². The first-order valence-electron chi connectivity index (χ1n) is 8.70. The minimum Gasteiger partial charge on any atom is -0.465 e. The lowest BCUT2D eigenvalue weighted by molar-refractivity contribution is -0.138. The highest BCUT2D eigenvalue weighted by molar-refractivity contribution is 6.31. The number of hydrogen-bond donors (Lipinski definition) is 2. The average molecular weight is 413 g/mol. The number of aromatic nitrogens is 3. The van der Waals surface area contributed by atoms with Gasteiger partial charge in [0.2, 0.25) is 0 Å². The van der Waals surface area contributed by atoms with Gasteiger partial charge in [-0.25, -0.2) is 14.3 Å². The summed E-state index contributed by atoms with van der Waals surface area (Å²) in [5.41, 5.74) is 7.01. The summed E-state index contributed by atoms with van der Waals surface area (Å²) in [6.07, 6.45) is 0.520. The number of rotatable bonds is 3. The quantitative estimate of drug-likeness (QED) is 0.729. The Morgan fingerprint density at radius 2 is 2.00 bits per heavy atom. The second-order valence-electron chi connectivity index (χ2n) is 7.25. The monoisotopic (exact) mass is 412 g/mol. The van der Waals surface area contributed by atoms with Crippen LogP contribution in [0, 0.1) is 0 Å². The van der Waals surface area contributed by atoms with E-state index < -0.39 is 6.09 Å². The first-order valence-corrected chi connectivity index (χ1v) is 9.08. The summed E-state index contributed by atoms with van der Waals surface area (Å²) in [6.45, 7) is 8.83. The molecule has 0 spiro atoms. The number of nitrogens with zero attached hydrogens (tertiary/aromatic N) is 5. The number of anilines is 1. The summed E-state index contributed by atoms with van der Waals surface area (Å²) in [5, 5.41) is 13.7. The molecule has 1 fully saturated rings. The number of nitrogen functional groups attached to an aromatic ring is 1. The van der Waals surface area contributed by atoms with Crippen LogP contribution < -0.4 is 5.73 Å². The van der Waals surface area contributed by atoms with Gasteiger partial charge in [0.15, 0.2) is 5.82 Å². The van der Waals surface area contributed by atoms with Crippen LogP contribution in [0.2, 0.25) is 5.02 Å². The van der Waals surface area contributed by atoms with Gasteiger partial charge >= 0.3 is 6.09 Å². The molecule has 0 atom stereocenters. The molecule has 10 nitrogen and oxygen atoms in total. The van der Waals surface area contributed by atoms with Crippen LogP contribution in [-0.4, -0.2) is 73.8 Å². The molecule has 28 heavy (non-hydrogen) atoms. The summed E-state index contributed by atoms with van der Waals surface area (Å²) in [6, 6.07) is 1.75. The number of fused-ring (bicyclic) bond motifs is 1. The van der Waals surface area contributed by atoms with Gasteiger partial charge in [0.25, 0.3) is 6.47 Å². The van der Waals surface area contributed by atoms with Crippen molar-refractivity contribution in [3.63, 3.8) is 0 Å². The normalized spacial score (nSPS) is 15.1. The van der Waals surface area contributed by atoms with Crippen LogP contribution in [0.1, 0.15) is 26.5 Å². The Bertz CT molecular complexity index is 827. The second kappa shape index (κ2) is 9.07. The molecule has 0 bridgehead atoms. The fourth-order valence-corrected chi connectivity index (χ4v) is 2.87. The van der Waals surface area contributed by atoms with Crippen LogP contribution in [0.15, 0.2) is 12.4 Å². The lowest BCUT2D eigenvalue weighted by Gasteiger charge is -2.32. The summed E-state index contributed by atoms with van der Waals surface area (Å²) >= 11 is 6.26. The van der Waals surface area contributed by atoms with Crippen LogP contribution in [-0.2, 0) is 16.1 Å². The molecule has 2 aromatic rings. The molecular weight excluding hydrogens is 388 g/mol. The maximum atomic E-state index is 10.9. The maximum absolute atomic E-state index is 10.9. The van der Waals surface area contributed by atoms with E-state index in [0.717, 1.165) is 5.69 Å². The maximum Gasteiger partial charge on any atom is 0.407 e. The summed E-state index contributed by atoms with van der Waals surface area (Å²) in [5.74, 6) is 0.383. The van der Waals surface area contributed by atoms with Crippen molar-refractivity contribution >= 4 is 35.5 Å². The number of hydrogen-bond acceptors (Lipinski definition) is 7. The van der Waals surface area contributed by atoms with Crippen LogP contribution in [0.25, 0.3) is 5.52 Å². The van der Waals surface area contributed by atoms with Gasteiger partial charge in [-0.15, -0.1) is 0 Å². The number of ether oxygens (including phenoxy) is 1. The lowest BCUT2D eigenvalue weighted by Crippen LogP contribution is -2.47. The largest absolute Gasteiger partial charge is 0.465 e. The van der Waals surface area contributed by atoms with Crippen molar-refractivity contribution in [2.24, 2.45) is 0 Å². The minimum atomic E-state index is -0.874. The number of carboxylic acid groups (broad SMARTS) is 1. The van der Waals surface area contributed by atoms with Crippen LogP contribution in [0.4, 0.5) is 10.6 Å². The Kier molecular flexibility index (Phi) is 7.03. The van der Waals surface area contributed by atoms with Gasteiger partial charge in [-0.05, 0) is 26.8 Å². The molecule has 1 saturated heterocycles. The van der Waals surface area contributed by atoms with Crippen LogP contribution in [0.3, 0.4) is 0 Å². The van der Waals surface area contributed by atoms with Crippen molar-refractivity contribution in [2.75, 3.05) is 31.9 Å². The molecule has 1 amide bonds. The van der Waals surface area contributed by atoms with Gasteiger partial charge in [0, 0.05) is 32.7 Å². The van der Waals surface area contributed by atoms with Crippen molar-refractivity contribution in [1.29, 1.82) is 0 Å². The molecule has 3 N–H and O–H groups in total. The van der Waals surface area contributed by atoms with Gasteiger partial charge in [-0.3, -0.25) is 9.69 Å². The van der Waals surface area contributed by atoms with Crippen molar-refractivity contribution in [3.05, 3.63) is 23.1 Å². The van der Waals surface area contributed by atoms with Gasteiger partial charge in [0.05, 0.1) is 10.7 Å². The third-order valence-electron chi connectivity index (χ3n) is 4.07. The number of halogens is 1. The predicted octanol–water partition coefficient (Wildman–Crippen LogP) is 1.72. The van der Waals surface area contributed by atoms with Gasteiger partial charge in [0.1, 0.15) is 17.4 Å². The molecular formula is C17H25ClN6O4. The van der Waals surface area contributed by atoms with E-state index in [1.54, 1.807) is 10.6 Å². The zero-order valence-corrected chi connectivity index (χ0v) is 16.9. The summed E-state index contributed by atoms with van der Waals surface area (Å²) in [7, 11) is 0. The number of carbonyl (C=O) groups is 2. The summed E-state index contributed by atoms with van der Waals surface area (Å²) in [4.78, 5) is 28.0. The molecule has 154 valence electrons. The summed E-state index contributed by atoms with van der Waals surface area (Å²) < 4.78 is 6.24. The zero-order chi connectivity index (χ0) is 20.9. The van der Waals surface area contributed by atoms with E-state index in [-0.39, 0.29) is 5.60 Å². The number of carbonyl (C=O) groups excluding carboxylic acids is 1. The van der Waals surface area contributed by atoms with E-state index in [0.29, 0.717) is 55.6 Å². The Balaban J connectivity index is 0.000000345. The Morgan fingerprint density at radius 3 is 2.50 bits per heavy atom. The molecule has 2 aromatic heterocycles. The average Bonchev–Trinajstić information content (AvgIpc) is 2.92. The van der Waals surface area contributed by atoms with Gasteiger partial charge in [-0.2, -0.15) is 5.10 Å². The van der Waals surface area contributed by atoms with E-state index in [9.17, 15) is 9.59 Å². The van der Waals surface area contributed by atoms with E-state index in [2.05, 4.69) is 19.7 Å². The zero-order valence-electron chi connectivity index (χ0n) is 16.1.